The largest absolute Gasteiger partial charge is 0.462 e. The van der Waals surface area contributed by atoms with Crippen molar-refractivity contribution in [2.75, 3.05) is 19.8 Å². The summed E-state index contributed by atoms with van der Waals surface area (Å²) in [7, 11) is 0. The topological polar surface area (TPSA) is 61.8 Å². The van der Waals surface area contributed by atoms with Gasteiger partial charge in [0.2, 0.25) is 0 Å². The Kier molecular flexibility index (Phi) is 52.9. The van der Waals surface area contributed by atoms with Crippen molar-refractivity contribution in [3.8, 4) is 0 Å². The minimum Gasteiger partial charge on any atom is -0.462 e. The molecule has 5 heteroatoms. The highest BCUT2D eigenvalue weighted by Gasteiger charge is 2.17. The molecule has 0 aliphatic heterocycles. The molecule has 0 N–H and O–H groups in total. The molecule has 0 spiro atoms. The molecule has 0 fully saturated rings. The van der Waals surface area contributed by atoms with Crippen LogP contribution in [0.1, 0.15) is 278 Å². The number of hydrogen-bond donors (Lipinski definition) is 0. The average molecular weight is 895 g/mol. The van der Waals surface area contributed by atoms with E-state index in [9.17, 15) is 9.59 Å². The van der Waals surface area contributed by atoms with Crippen molar-refractivity contribution in [2.24, 2.45) is 0 Å². The van der Waals surface area contributed by atoms with E-state index in [1.54, 1.807) is 0 Å². The van der Waals surface area contributed by atoms with Crippen LogP contribution < -0.4 is 0 Å². The Bertz CT molecular complexity index is 1100. The predicted molar refractivity (Wildman–Crippen MR) is 279 cm³/mol. The number of carbonyl (C=O) groups excluding carboxylic acids is 2. The molecule has 0 saturated heterocycles. The second-order valence-corrected chi connectivity index (χ2v) is 18.5. The van der Waals surface area contributed by atoms with E-state index in [-0.39, 0.29) is 25.2 Å². The fourth-order valence-electron chi connectivity index (χ4n) is 7.91. The van der Waals surface area contributed by atoms with Crippen molar-refractivity contribution in [3.05, 3.63) is 60.8 Å². The van der Waals surface area contributed by atoms with Gasteiger partial charge in [-0.25, -0.2) is 0 Å². The van der Waals surface area contributed by atoms with Crippen molar-refractivity contribution >= 4 is 11.9 Å². The van der Waals surface area contributed by atoms with Gasteiger partial charge >= 0.3 is 11.9 Å². The van der Waals surface area contributed by atoms with Gasteiger partial charge in [-0.3, -0.25) is 9.59 Å². The molecule has 0 amide bonds. The van der Waals surface area contributed by atoms with Crippen LogP contribution in [0.15, 0.2) is 60.8 Å². The highest BCUT2D eigenvalue weighted by Crippen LogP contribution is 2.15. The molecule has 0 radical (unpaired) electrons. The zero-order chi connectivity index (χ0) is 46.3. The van der Waals surface area contributed by atoms with Gasteiger partial charge < -0.3 is 14.2 Å². The molecule has 1 unspecified atom stereocenters. The highest BCUT2D eigenvalue weighted by molar-refractivity contribution is 5.70. The van der Waals surface area contributed by atoms with Gasteiger partial charge in [-0.05, 0) is 83.5 Å². The van der Waals surface area contributed by atoms with Gasteiger partial charge in [-0.1, -0.05) is 242 Å². The van der Waals surface area contributed by atoms with Crippen molar-refractivity contribution < 1.29 is 23.8 Å². The van der Waals surface area contributed by atoms with Gasteiger partial charge in [0, 0.05) is 19.4 Å². The number of hydrogen-bond acceptors (Lipinski definition) is 5. The van der Waals surface area contributed by atoms with Crippen LogP contribution in [0.4, 0.5) is 0 Å². The second kappa shape index (κ2) is 54.9. The second-order valence-electron chi connectivity index (χ2n) is 18.5. The summed E-state index contributed by atoms with van der Waals surface area (Å²) in [5.41, 5.74) is 0. The normalized spacial score (nSPS) is 12.6. The van der Waals surface area contributed by atoms with Crippen LogP contribution in [-0.4, -0.2) is 37.9 Å². The summed E-state index contributed by atoms with van der Waals surface area (Å²) in [4.78, 5) is 25.4. The van der Waals surface area contributed by atoms with Gasteiger partial charge in [0.25, 0.3) is 0 Å². The summed E-state index contributed by atoms with van der Waals surface area (Å²) in [6, 6.07) is 0. The molecule has 0 heterocycles. The summed E-state index contributed by atoms with van der Waals surface area (Å²) in [5.74, 6) is -0.398. The van der Waals surface area contributed by atoms with Gasteiger partial charge in [0.15, 0.2) is 6.10 Å². The number of carbonyl (C=O) groups is 2. The third-order valence-corrected chi connectivity index (χ3v) is 12.0. The lowest BCUT2D eigenvalue weighted by Gasteiger charge is -2.18. The smallest absolute Gasteiger partial charge is 0.306 e. The van der Waals surface area contributed by atoms with Crippen LogP contribution in [-0.2, 0) is 23.8 Å². The quantitative estimate of drug-likeness (QED) is 0.0346. The molecule has 0 rings (SSSR count). The first-order valence-corrected chi connectivity index (χ1v) is 27.8. The van der Waals surface area contributed by atoms with Gasteiger partial charge in [0.1, 0.15) is 6.61 Å². The third-order valence-electron chi connectivity index (χ3n) is 12.0. The Morgan fingerprint density at radius 1 is 0.359 bits per heavy atom. The lowest BCUT2D eigenvalue weighted by Crippen LogP contribution is -2.30. The van der Waals surface area contributed by atoms with Crippen molar-refractivity contribution in [3.63, 3.8) is 0 Å². The Balaban J connectivity index is 4.16. The number of allylic oxidation sites excluding steroid dienone is 10. The Labute approximate surface area is 398 Å². The first-order chi connectivity index (χ1) is 31.6. The van der Waals surface area contributed by atoms with E-state index >= 15 is 0 Å². The van der Waals surface area contributed by atoms with Gasteiger partial charge in [-0.15, -0.1) is 0 Å². The van der Waals surface area contributed by atoms with Crippen molar-refractivity contribution in [2.45, 2.75) is 284 Å². The summed E-state index contributed by atoms with van der Waals surface area (Å²) in [5, 5.41) is 0. The number of rotatable bonds is 51. The zero-order valence-corrected chi connectivity index (χ0v) is 42.8. The van der Waals surface area contributed by atoms with Crippen molar-refractivity contribution in [1.82, 2.24) is 0 Å². The molecular weight excluding hydrogens is 789 g/mol. The molecule has 0 saturated carbocycles. The standard InChI is InChI=1S/C59H106O5/c1-4-7-10-13-16-19-21-23-25-27-29-31-33-35-37-39-42-45-48-51-54-62-55-57(64-59(61)53-50-47-44-40-18-15-12-9-6-3)56-63-58(60)52-49-46-43-41-38-36-34-32-30-28-26-24-22-20-17-14-11-8-5-2/h7,10,16,19,23-26,29,31,57H,4-6,8-9,11-15,17-18,20-22,27-28,30,32-56H2,1-3H3/b10-7-,19-16-,25-23-,26-24-,31-29-. The molecule has 64 heavy (non-hydrogen) atoms. The van der Waals surface area contributed by atoms with E-state index < -0.39 is 6.10 Å². The first kappa shape index (κ1) is 61.6. The van der Waals surface area contributed by atoms with Gasteiger partial charge in [0.05, 0.1) is 6.61 Å². The minimum absolute atomic E-state index is 0.0815. The molecule has 1 atom stereocenters. The van der Waals surface area contributed by atoms with Gasteiger partial charge in [-0.2, -0.15) is 0 Å². The van der Waals surface area contributed by atoms with E-state index in [0.717, 1.165) is 64.2 Å². The van der Waals surface area contributed by atoms with E-state index in [1.165, 1.54) is 180 Å². The molecule has 0 aromatic rings. The molecule has 0 aromatic carbocycles. The lowest BCUT2D eigenvalue weighted by molar-refractivity contribution is -0.163. The first-order valence-electron chi connectivity index (χ1n) is 27.8. The SMILES string of the molecule is CC/C=C\C/C=C\C/C=C\C/C=C\CCCCCCCCCOCC(COC(=O)CCCCCCCCCCC/C=C\CCCCCCCC)OC(=O)CCCCCCCCCCC. The summed E-state index contributed by atoms with van der Waals surface area (Å²) in [6.07, 6.45) is 69.6. The zero-order valence-electron chi connectivity index (χ0n) is 42.8. The molecule has 0 aliphatic rings. The van der Waals surface area contributed by atoms with Crippen LogP contribution >= 0.6 is 0 Å². The molecule has 0 bridgehead atoms. The Hall–Kier alpha value is -2.40. The summed E-state index contributed by atoms with van der Waals surface area (Å²) >= 11 is 0. The molecule has 5 nitrogen and oxygen atoms in total. The van der Waals surface area contributed by atoms with Crippen molar-refractivity contribution in [1.29, 1.82) is 0 Å². The predicted octanol–water partition coefficient (Wildman–Crippen LogP) is 18.9. The van der Waals surface area contributed by atoms with E-state index in [4.69, 9.17) is 14.2 Å². The average Bonchev–Trinajstić information content (AvgIpc) is 3.30. The maximum atomic E-state index is 12.8. The highest BCUT2D eigenvalue weighted by atomic mass is 16.6. The number of esters is 2. The Morgan fingerprint density at radius 2 is 0.703 bits per heavy atom. The van der Waals surface area contributed by atoms with Crippen LogP contribution in [0.3, 0.4) is 0 Å². The van der Waals surface area contributed by atoms with E-state index in [0.29, 0.717) is 19.4 Å². The summed E-state index contributed by atoms with van der Waals surface area (Å²) < 4.78 is 17.4. The van der Waals surface area contributed by atoms with Crippen LogP contribution in [0.2, 0.25) is 0 Å². The molecule has 0 aliphatic carbocycles. The Morgan fingerprint density at radius 3 is 1.14 bits per heavy atom. The molecular formula is C59H106O5. The van der Waals surface area contributed by atoms with E-state index in [1.807, 2.05) is 0 Å². The maximum absolute atomic E-state index is 12.8. The number of ether oxygens (including phenoxy) is 3. The molecule has 372 valence electrons. The fraction of sp³-hybridized carbons (Fsp3) is 0.797. The monoisotopic (exact) mass is 895 g/mol. The lowest BCUT2D eigenvalue weighted by atomic mass is 10.1. The number of unbranched alkanes of at least 4 members (excludes halogenated alkanes) is 30. The minimum atomic E-state index is -0.540. The summed E-state index contributed by atoms with van der Waals surface area (Å²) in [6.45, 7) is 7.70. The van der Waals surface area contributed by atoms with Crippen LogP contribution in [0, 0.1) is 0 Å². The van der Waals surface area contributed by atoms with Crippen LogP contribution in [0.25, 0.3) is 0 Å². The third kappa shape index (κ3) is 52.2. The fourth-order valence-corrected chi connectivity index (χ4v) is 7.91. The maximum Gasteiger partial charge on any atom is 0.306 e. The van der Waals surface area contributed by atoms with Crippen LogP contribution in [0.5, 0.6) is 0 Å². The molecule has 0 aromatic heterocycles. The van der Waals surface area contributed by atoms with E-state index in [2.05, 4.69) is 81.5 Å².